The largest absolute Gasteiger partial charge is 0.350 e. The maximum Gasteiger partial charge on any atom is 0.258 e. The Morgan fingerprint density at radius 1 is 1.04 bits per heavy atom. The fraction of sp³-hybridized carbons (Fsp3) is 0.200. The van der Waals surface area contributed by atoms with Gasteiger partial charge in [0, 0.05) is 41.3 Å². The molecule has 3 aromatic heterocycles. The monoisotopic (exact) mass is 358 g/mol. The topological polar surface area (TPSA) is 74.6 Å². The molecule has 0 saturated heterocycles. The number of fused-ring (bicyclic) bond motifs is 2. The van der Waals surface area contributed by atoms with Gasteiger partial charge in [-0.3, -0.25) is 0 Å². The van der Waals surface area contributed by atoms with Crippen LogP contribution in [0.4, 0.5) is 0 Å². The van der Waals surface area contributed by atoms with Crippen molar-refractivity contribution in [2.45, 2.75) is 19.9 Å². The SMILES string of the molecule is CC(C)n1nnc2cc(-c3nc(-c4cn(C)c5ccccc45)no3)ccc21. The van der Waals surface area contributed by atoms with Crippen LogP contribution in [0.25, 0.3) is 44.8 Å². The lowest BCUT2D eigenvalue weighted by molar-refractivity contribution is 0.432. The zero-order valence-corrected chi connectivity index (χ0v) is 15.3. The van der Waals surface area contributed by atoms with Crippen molar-refractivity contribution in [3.63, 3.8) is 0 Å². The van der Waals surface area contributed by atoms with Crippen LogP contribution in [0.1, 0.15) is 19.9 Å². The fourth-order valence-electron chi connectivity index (χ4n) is 3.43. The van der Waals surface area contributed by atoms with E-state index in [-0.39, 0.29) is 6.04 Å². The summed E-state index contributed by atoms with van der Waals surface area (Å²) in [5.41, 5.74) is 4.71. The van der Waals surface area contributed by atoms with E-state index in [0.717, 1.165) is 33.1 Å². The lowest BCUT2D eigenvalue weighted by Gasteiger charge is -2.04. The van der Waals surface area contributed by atoms with E-state index in [2.05, 4.69) is 51.0 Å². The number of para-hydroxylation sites is 1. The van der Waals surface area contributed by atoms with Crippen LogP contribution in [0.2, 0.25) is 0 Å². The summed E-state index contributed by atoms with van der Waals surface area (Å²) in [4.78, 5) is 4.62. The molecule has 27 heavy (non-hydrogen) atoms. The molecule has 0 bridgehead atoms. The maximum atomic E-state index is 5.54. The second-order valence-electron chi connectivity index (χ2n) is 6.93. The van der Waals surface area contributed by atoms with Crippen molar-refractivity contribution >= 4 is 21.9 Å². The third kappa shape index (κ3) is 2.43. The van der Waals surface area contributed by atoms with Crippen molar-refractivity contribution < 1.29 is 4.52 Å². The van der Waals surface area contributed by atoms with Gasteiger partial charge in [-0.25, -0.2) is 4.68 Å². The molecule has 5 aromatic rings. The van der Waals surface area contributed by atoms with Crippen LogP contribution in [-0.2, 0) is 7.05 Å². The van der Waals surface area contributed by atoms with Gasteiger partial charge in [0.2, 0.25) is 5.82 Å². The van der Waals surface area contributed by atoms with E-state index in [9.17, 15) is 0 Å². The second kappa shape index (κ2) is 5.77. The van der Waals surface area contributed by atoms with E-state index in [0.29, 0.717) is 11.7 Å². The molecule has 0 aliphatic carbocycles. The average molecular weight is 358 g/mol. The molecule has 0 spiro atoms. The summed E-state index contributed by atoms with van der Waals surface area (Å²) in [7, 11) is 2.01. The molecular weight excluding hydrogens is 340 g/mol. The van der Waals surface area contributed by atoms with Crippen LogP contribution in [-0.4, -0.2) is 29.7 Å². The highest BCUT2D eigenvalue weighted by Gasteiger charge is 2.16. The van der Waals surface area contributed by atoms with E-state index in [1.54, 1.807) is 0 Å². The Morgan fingerprint density at radius 3 is 2.74 bits per heavy atom. The van der Waals surface area contributed by atoms with Crippen LogP contribution < -0.4 is 0 Å². The first-order chi connectivity index (χ1) is 13.1. The Bertz CT molecular complexity index is 1280. The van der Waals surface area contributed by atoms with Crippen LogP contribution in [0.5, 0.6) is 0 Å². The minimum Gasteiger partial charge on any atom is -0.350 e. The summed E-state index contributed by atoms with van der Waals surface area (Å²) in [5.74, 6) is 1.05. The molecule has 0 amide bonds. The number of rotatable bonds is 3. The maximum absolute atomic E-state index is 5.54. The normalized spacial score (nSPS) is 11.9. The predicted molar refractivity (Wildman–Crippen MR) is 103 cm³/mol. The molecule has 134 valence electrons. The summed E-state index contributed by atoms with van der Waals surface area (Å²) in [5, 5.41) is 13.8. The van der Waals surface area contributed by atoms with Crippen molar-refractivity contribution in [1.29, 1.82) is 0 Å². The summed E-state index contributed by atoms with van der Waals surface area (Å²) in [6.45, 7) is 4.16. The third-order valence-electron chi connectivity index (χ3n) is 4.77. The van der Waals surface area contributed by atoms with Crippen LogP contribution in [0.3, 0.4) is 0 Å². The minimum absolute atomic E-state index is 0.252. The van der Waals surface area contributed by atoms with Gasteiger partial charge in [0.15, 0.2) is 0 Å². The molecule has 0 aliphatic rings. The molecule has 0 fully saturated rings. The first-order valence-electron chi connectivity index (χ1n) is 8.85. The number of hydrogen-bond acceptors (Lipinski definition) is 5. The van der Waals surface area contributed by atoms with Gasteiger partial charge in [0.1, 0.15) is 5.52 Å². The Hall–Kier alpha value is -3.48. The summed E-state index contributed by atoms with van der Waals surface area (Å²) < 4.78 is 9.50. The van der Waals surface area contributed by atoms with Gasteiger partial charge in [-0.2, -0.15) is 4.98 Å². The van der Waals surface area contributed by atoms with Gasteiger partial charge in [-0.1, -0.05) is 28.6 Å². The van der Waals surface area contributed by atoms with E-state index in [1.165, 1.54) is 0 Å². The number of nitrogens with zero attached hydrogens (tertiary/aromatic N) is 6. The molecular formula is C20H18N6O. The lowest BCUT2D eigenvalue weighted by atomic mass is 10.1. The zero-order chi connectivity index (χ0) is 18.5. The Labute approximate surface area is 155 Å². The molecule has 0 unspecified atom stereocenters. The summed E-state index contributed by atoms with van der Waals surface area (Å²) in [6.07, 6.45) is 2.02. The Kier molecular flexibility index (Phi) is 3.36. The smallest absolute Gasteiger partial charge is 0.258 e. The predicted octanol–water partition coefficient (Wildman–Crippen LogP) is 4.22. The molecule has 7 nitrogen and oxygen atoms in total. The van der Waals surface area contributed by atoms with E-state index < -0.39 is 0 Å². The van der Waals surface area contributed by atoms with Gasteiger partial charge in [0.05, 0.1) is 5.52 Å². The molecule has 7 heteroatoms. The van der Waals surface area contributed by atoms with Crippen molar-refractivity contribution in [3.8, 4) is 22.8 Å². The van der Waals surface area contributed by atoms with E-state index in [4.69, 9.17) is 4.52 Å². The number of aryl methyl sites for hydroxylation is 1. The van der Waals surface area contributed by atoms with Gasteiger partial charge >= 0.3 is 0 Å². The second-order valence-corrected chi connectivity index (χ2v) is 6.93. The highest BCUT2D eigenvalue weighted by molar-refractivity contribution is 5.94. The standard InChI is InChI=1S/C20H18N6O/c1-12(2)26-18-9-8-13(10-16(18)22-24-26)20-21-19(23-27-20)15-11-25(3)17-7-5-4-6-14(15)17/h4-12H,1-3H3. The Balaban J connectivity index is 1.58. The first-order valence-corrected chi connectivity index (χ1v) is 8.85. The van der Waals surface area contributed by atoms with E-state index in [1.807, 2.05) is 48.3 Å². The number of benzene rings is 2. The van der Waals surface area contributed by atoms with Gasteiger partial charge in [-0.15, -0.1) is 5.10 Å². The summed E-state index contributed by atoms with van der Waals surface area (Å²) >= 11 is 0. The van der Waals surface area contributed by atoms with Gasteiger partial charge in [-0.05, 0) is 38.1 Å². The van der Waals surface area contributed by atoms with E-state index >= 15 is 0 Å². The van der Waals surface area contributed by atoms with Crippen LogP contribution in [0.15, 0.2) is 53.2 Å². The van der Waals surface area contributed by atoms with Crippen LogP contribution >= 0.6 is 0 Å². The van der Waals surface area contributed by atoms with Gasteiger partial charge < -0.3 is 9.09 Å². The number of hydrogen-bond donors (Lipinski definition) is 0. The lowest BCUT2D eigenvalue weighted by Crippen LogP contribution is -2.02. The number of aromatic nitrogens is 6. The molecule has 5 rings (SSSR count). The molecule has 0 atom stereocenters. The molecule has 3 heterocycles. The average Bonchev–Trinajstić information content (AvgIpc) is 3.38. The highest BCUT2D eigenvalue weighted by Crippen LogP contribution is 2.30. The van der Waals surface area contributed by atoms with Crippen molar-refractivity contribution in [2.24, 2.45) is 7.05 Å². The first kappa shape index (κ1) is 15.7. The third-order valence-corrected chi connectivity index (χ3v) is 4.77. The molecule has 0 N–H and O–H groups in total. The van der Waals surface area contributed by atoms with Crippen molar-refractivity contribution in [3.05, 3.63) is 48.7 Å². The Morgan fingerprint density at radius 2 is 1.89 bits per heavy atom. The van der Waals surface area contributed by atoms with Crippen molar-refractivity contribution in [1.82, 2.24) is 29.7 Å². The van der Waals surface area contributed by atoms with Crippen LogP contribution in [0, 0.1) is 0 Å². The molecule has 0 radical (unpaired) electrons. The minimum atomic E-state index is 0.252. The molecule has 2 aromatic carbocycles. The van der Waals surface area contributed by atoms with Crippen molar-refractivity contribution in [2.75, 3.05) is 0 Å². The fourth-order valence-corrected chi connectivity index (χ4v) is 3.43. The summed E-state index contributed by atoms with van der Waals surface area (Å²) in [6, 6.07) is 14.3. The van der Waals surface area contributed by atoms with Gasteiger partial charge in [0.25, 0.3) is 5.89 Å². The highest BCUT2D eigenvalue weighted by atomic mass is 16.5. The zero-order valence-electron chi connectivity index (χ0n) is 15.3. The molecule has 0 saturated carbocycles. The molecule has 0 aliphatic heterocycles. The quantitative estimate of drug-likeness (QED) is 0.483.